The second kappa shape index (κ2) is 11.4. The average Bonchev–Trinajstić information content (AvgIpc) is 2.47. The van der Waals surface area contributed by atoms with Gasteiger partial charge >= 0.3 is 11.9 Å². The zero-order valence-electron chi connectivity index (χ0n) is 11.7. The van der Waals surface area contributed by atoms with Crippen molar-refractivity contribution in [2.45, 2.75) is 13.8 Å². The predicted octanol–water partition coefficient (Wildman–Crippen LogP) is 1.79. The number of carbonyl (C=O) groups excluding carboxylic acids is 2. The van der Waals surface area contributed by atoms with Crippen molar-refractivity contribution in [3.63, 3.8) is 0 Å². The first-order valence-electron chi connectivity index (χ1n) is 5.82. The topological polar surface area (TPSA) is 52.6 Å². The van der Waals surface area contributed by atoms with Crippen LogP contribution in [0.1, 0.15) is 13.8 Å². The zero-order chi connectivity index (χ0) is 15.2. The van der Waals surface area contributed by atoms with E-state index in [2.05, 4.69) is 28.4 Å². The second-order valence-corrected chi connectivity index (χ2v) is 3.37. The molecule has 0 aliphatic heterocycles. The number of rotatable bonds is 4. The maximum absolute atomic E-state index is 11.2. The Labute approximate surface area is 119 Å². The number of allylic oxidation sites excluding steroid dienone is 3. The number of hydrogen-bond donors (Lipinski definition) is 0. The fraction of sp³-hybridized carbons (Fsp3) is 0.250. The van der Waals surface area contributed by atoms with Gasteiger partial charge in [-0.1, -0.05) is 17.9 Å². The summed E-state index contributed by atoms with van der Waals surface area (Å²) >= 11 is 0. The molecule has 4 heteroatoms. The molecule has 0 aliphatic carbocycles. The number of esters is 2. The smallest absolute Gasteiger partial charge is 0.333 e. The lowest BCUT2D eigenvalue weighted by Gasteiger charge is -1.99. The van der Waals surface area contributed by atoms with E-state index in [9.17, 15) is 9.59 Å². The van der Waals surface area contributed by atoms with Gasteiger partial charge < -0.3 is 9.47 Å². The van der Waals surface area contributed by atoms with Gasteiger partial charge in [0.25, 0.3) is 0 Å². The molecular weight excluding hydrogens is 256 g/mol. The van der Waals surface area contributed by atoms with Crippen LogP contribution in [0.5, 0.6) is 0 Å². The van der Waals surface area contributed by atoms with Gasteiger partial charge in [-0.05, 0) is 43.9 Å². The number of methoxy groups -OCH3 is 1. The summed E-state index contributed by atoms with van der Waals surface area (Å²) < 4.78 is 9.30. The van der Waals surface area contributed by atoms with E-state index in [1.807, 2.05) is 0 Å². The summed E-state index contributed by atoms with van der Waals surface area (Å²) in [6, 6.07) is 0. The molecule has 0 N–H and O–H groups in total. The largest absolute Gasteiger partial charge is 0.466 e. The molecule has 0 saturated heterocycles. The number of ether oxygens (including phenoxy) is 2. The molecule has 20 heavy (non-hydrogen) atoms. The van der Waals surface area contributed by atoms with Crippen LogP contribution in [0.15, 0.2) is 36.0 Å². The first-order valence-corrected chi connectivity index (χ1v) is 5.82. The predicted molar refractivity (Wildman–Crippen MR) is 76.2 cm³/mol. The van der Waals surface area contributed by atoms with Gasteiger partial charge in [0.15, 0.2) is 0 Å². The lowest BCUT2D eigenvalue weighted by molar-refractivity contribution is -0.138. The second-order valence-electron chi connectivity index (χ2n) is 3.37. The minimum Gasteiger partial charge on any atom is -0.466 e. The molecule has 0 aromatic rings. The maximum Gasteiger partial charge on any atom is 0.333 e. The Morgan fingerprint density at radius 2 is 1.80 bits per heavy atom. The molecule has 0 unspecified atom stereocenters. The summed E-state index contributed by atoms with van der Waals surface area (Å²) in [7, 11) is 1.29. The fourth-order valence-corrected chi connectivity index (χ4v) is 0.796. The summed E-state index contributed by atoms with van der Waals surface area (Å²) in [5.74, 6) is 9.44. The molecule has 0 saturated carbocycles. The van der Waals surface area contributed by atoms with Gasteiger partial charge in [0.1, 0.15) is 6.61 Å². The van der Waals surface area contributed by atoms with E-state index in [0.717, 1.165) is 0 Å². The van der Waals surface area contributed by atoms with Gasteiger partial charge in [-0.25, -0.2) is 9.59 Å². The Morgan fingerprint density at radius 1 is 1.15 bits per heavy atom. The van der Waals surface area contributed by atoms with E-state index < -0.39 is 5.97 Å². The molecule has 0 atom stereocenters. The van der Waals surface area contributed by atoms with Crippen molar-refractivity contribution < 1.29 is 19.1 Å². The summed E-state index contributed by atoms with van der Waals surface area (Å²) in [5.41, 5.74) is 0.563. The average molecular weight is 272 g/mol. The van der Waals surface area contributed by atoms with Crippen LogP contribution in [0.4, 0.5) is 0 Å². The summed E-state index contributed by atoms with van der Waals surface area (Å²) in [6.45, 7) is 3.61. The van der Waals surface area contributed by atoms with Crippen molar-refractivity contribution in [1.29, 1.82) is 0 Å². The van der Waals surface area contributed by atoms with Gasteiger partial charge in [-0.2, -0.15) is 0 Å². The van der Waals surface area contributed by atoms with E-state index in [4.69, 9.17) is 4.74 Å². The van der Waals surface area contributed by atoms with Gasteiger partial charge in [0, 0.05) is 11.6 Å². The molecule has 0 radical (unpaired) electrons. The van der Waals surface area contributed by atoms with Gasteiger partial charge in [-0.15, -0.1) is 0 Å². The van der Waals surface area contributed by atoms with Crippen molar-refractivity contribution in [2.75, 3.05) is 13.7 Å². The highest BCUT2D eigenvalue weighted by Gasteiger charge is 2.01. The molecule has 0 bridgehead atoms. The van der Waals surface area contributed by atoms with Crippen LogP contribution in [0, 0.1) is 23.7 Å². The molecule has 0 rings (SSSR count). The van der Waals surface area contributed by atoms with E-state index in [1.54, 1.807) is 26.0 Å². The standard InChI is InChI=1S/C16H16O4/c1-4-14(2)16(18)20-13-11-9-7-5-6-8-10-12-15(17)19-3/h4,9-12H,13H2,1-3H3/b11-9+,12-10+,14-4+. The van der Waals surface area contributed by atoms with Crippen LogP contribution in [0.3, 0.4) is 0 Å². The Kier molecular flexibility index (Phi) is 9.83. The first-order chi connectivity index (χ1) is 9.61. The molecule has 0 fully saturated rings. The van der Waals surface area contributed by atoms with Gasteiger partial charge in [0.05, 0.1) is 7.11 Å². The molecule has 0 spiro atoms. The SMILES string of the molecule is C/C=C(\C)C(=O)OC/C=C/C#CC#C/C=C/C(=O)OC. The first kappa shape index (κ1) is 17.3. The molecule has 0 aromatic carbocycles. The Morgan fingerprint density at radius 3 is 2.40 bits per heavy atom. The third-order valence-corrected chi connectivity index (χ3v) is 1.98. The van der Waals surface area contributed by atoms with Crippen LogP contribution < -0.4 is 0 Å². The van der Waals surface area contributed by atoms with Crippen molar-refractivity contribution in [3.8, 4) is 23.7 Å². The summed E-state index contributed by atoms with van der Waals surface area (Å²) in [4.78, 5) is 21.9. The number of hydrogen-bond acceptors (Lipinski definition) is 4. The molecule has 104 valence electrons. The zero-order valence-corrected chi connectivity index (χ0v) is 11.7. The fourth-order valence-electron chi connectivity index (χ4n) is 0.796. The summed E-state index contributed by atoms with van der Waals surface area (Å²) in [6.07, 6.45) is 7.39. The Balaban J connectivity index is 4.02. The molecule has 0 amide bonds. The third-order valence-electron chi connectivity index (χ3n) is 1.98. The van der Waals surface area contributed by atoms with Crippen molar-refractivity contribution in [1.82, 2.24) is 0 Å². The van der Waals surface area contributed by atoms with Crippen molar-refractivity contribution >= 4 is 11.9 Å². The maximum atomic E-state index is 11.2. The molecule has 0 aliphatic rings. The minimum absolute atomic E-state index is 0.161. The third kappa shape index (κ3) is 9.32. The molecular formula is C16H16O4. The van der Waals surface area contributed by atoms with E-state index in [0.29, 0.717) is 5.57 Å². The van der Waals surface area contributed by atoms with Gasteiger partial charge in [0.2, 0.25) is 0 Å². The lowest BCUT2D eigenvalue weighted by atomic mass is 10.3. The Hall–Kier alpha value is -2.72. The lowest BCUT2D eigenvalue weighted by Crippen LogP contribution is -2.05. The quantitative estimate of drug-likeness (QED) is 0.445. The van der Waals surface area contributed by atoms with Crippen LogP contribution in [-0.4, -0.2) is 25.7 Å². The van der Waals surface area contributed by atoms with Crippen LogP contribution in [-0.2, 0) is 19.1 Å². The number of carbonyl (C=O) groups is 2. The summed E-state index contributed by atoms with van der Waals surface area (Å²) in [5, 5.41) is 0. The van der Waals surface area contributed by atoms with E-state index >= 15 is 0 Å². The highest BCUT2D eigenvalue weighted by molar-refractivity contribution is 5.87. The van der Waals surface area contributed by atoms with Gasteiger partial charge in [-0.3, -0.25) is 0 Å². The van der Waals surface area contributed by atoms with E-state index in [-0.39, 0.29) is 12.6 Å². The van der Waals surface area contributed by atoms with Crippen LogP contribution >= 0.6 is 0 Å². The normalized spacial score (nSPS) is 10.4. The Bertz CT molecular complexity index is 542. The van der Waals surface area contributed by atoms with Crippen LogP contribution in [0.2, 0.25) is 0 Å². The molecule has 0 heterocycles. The monoisotopic (exact) mass is 272 g/mol. The minimum atomic E-state index is -0.467. The van der Waals surface area contributed by atoms with Crippen molar-refractivity contribution in [2.24, 2.45) is 0 Å². The highest BCUT2D eigenvalue weighted by atomic mass is 16.5. The van der Waals surface area contributed by atoms with E-state index in [1.165, 1.54) is 25.3 Å². The highest BCUT2D eigenvalue weighted by Crippen LogP contribution is 1.95. The molecule has 4 nitrogen and oxygen atoms in total. The van der Waals surface area contributed by atoms with Crippen LogP contribution in [0.25, 0.3) is 0 Å². The van der Waals surface area contributed by atoms with Crippen molar-refractivity contribution in [3.05, 3.63) is 36.0 Å². The molecule has 0 aromatic heterocycles.